The van der Waals surface area contributed by atoms with Crippen molar-refractivity contribution in [3.05, 3.63) is 53.8 Å². The standard InChI is InChI=1S/C25H33FN2O3/c1-18(2)16-24(29)28(21-10-8-20(26)9-11-21)22-12-14-27(15-13-22)17-19-6-5-7-23(30-3)25(19)31-4/h5-11,18,22H,12-17H2,1-4H3. The van der Waals surface area contributed by atoms with E-state index in [2.05, 4.69) is 11.0 Å². The number of halogens is 1. The van der Waals surface area contributed by atoms with Crippen molar-refractivity contribution in [3.8, 4) is 11.5 Å². The van der Waals surface area contributed by atoms with Gasteiger partial charge in [0.1, 0.15) is 5.82 Å². The molecule has 0 spiro atoms. The van der Waals surface area contributed by atoms with E-state index in [4.69, 9.17) is 9.47 Å². The molecule has 3 rings (SSSR count). The Morgan fingerprint density at radius 3 is 2.35 bits per heavy atom. The predicted octanol–water partition coefficient (Wildman–Crippen LogP) is 4.89. The minimum absolute atomic E-state index is 0.106. The van der Waals surface area contributed by atoms with Crippen LogP contribution < -0.4 is 14.4 Å². The van der Waals surface area contributed by atoms with Gasteiger partial charge < -0.3 is 14.4 Å². The molecule has 0 N–H and O–H groups in total. The maximum Gasteiger partial charge on any atom is 0.227 e. The number of likely N-dealkylation sites (tertiary alicyclic amines) is 1. The molecule has 6 heteroatoms. The number of ether oxygens (including phenoxy) is 2. The summed E-state index contributed by atoms with van der Waals surface area (Å²) in [4.78, 5) is 17.3. The number of anilines is 1. The van der Waals surface area contributed by atoms with Crippen molar-refractivity contribution < 1.29 is 18.7 Å². The van der Waals surface area contributed by atoms with E-state index >= 15 is 0 Å². The van der Waals surface area contributed by atoms with Crippen molar-refractivity contribution in [2.75, 3.05) is 32.2 Å². The Labute approximate surface area is 184 Å². The van der Waals surface area contributed by atoms with E-state index in [1.165, 1.54) is 12.1 Å². The van der Waals surface area contributed by atoms with Gasteiger partial charge in [-0.3, -0.25) is 9.69 Å². The number of carbonyl (C=O) groups is 1. The fourth-order valence-electron chi connectivity index (χ4n) is 4.26. The summed E-state index contributed by atoms with van der Waals surface area (Å²) in [6.45, 7) is 6.61. The summed E-state index contributed by atoms with van der Waals surface area (Å²) in [7, 11) is 3.31. The summed E-state index contributed by atoms with van der Waals surface area (Å²) in [6.07, 6.45) is 2.22. The lowest BCUT2D eigenvalue weighted by Gasteiger charge is -2.39. The Balaban J connectivity index is 1.71. The number of rotatable bonds is 8. The Kier molecular flexibility index (Phi) is 7.91. The van der Waals surface area contributed by atoms with E-state index in [9.17, 15) is 9.18 Å². The minimum Gasteiger partial charge on any atom is -0.493 e. The fourth-order valence-corrected chi connectivity index (χ4v) is 4.26. The zero-order chi connectivity index (χ0) is 22.4. The molecule has 1 saturated heterocycles. The lowest BCUT2D eigenvalue weighted by atomic mass is 9.99. The molecule has 31 heavy (non-hydrogen) atoms. The summed E-state index contributed by atoms with van der Waals surface area (Å²) in [5, 5.41) is 0. The molecule has 1 heterocycles. The van der Waals surface area contributed by atoms with Crippen LogP contribution in [-0.4, -0.2) is 44.2 Å². The van der Waals surface area contributed by atoms with Crippen molar-refractivity contribution in [2.24, 2.45) is 5.92 Å². The third kappa shape index (κ3) is 5.76. The van der Waals surface area contributed by atoms with Gasteiger partial charge in [0.05, 0.1) is 14.2 Å². The van der Waals surface area contributed by atoms with E-state index in [1.807, 2.05) is 30.9 Å². The van der Waals surface area contributed by atoms with Crippen LogP contribution in [0.25, 0.3) is 0 Å². The molecule has 1 aliphatic heterocycles. The van der Waals surface area contributed by atoms with Gasteiger partial charge in [-0.15, -0.1) is 0 Å². The molecule has 0 saturated carbocycles. The quantitative estimate of drug-likeness (QED) is 0.601. The molecule has 0 atom stereocenters. The van der Waals surface area contributed by atoms with Gasteiger partial charge in [0.2, 0.25) is 5.91 Å². The Hall–Kier alpha value is -2.60. The van der Waals surface area contributed by atoms with Crippen LogP contribution in [0.3, 0.4) is 0 Å². The number of hydrogen-bond donors (Lipinski definition) is 0. The average Bonchev–Trinajstić information content (AvgIpc) is 2.75. The number of amides is 1. The number of piperidine rings is 1. The van der Waals surface area contributed by atoms with E-state index in [0.29, 0.717) is 6.42 Å². The van der Waals surface area contributed by atoms with Crippen molar-refractivity contribution in [2.45, 2.75) is 45.7 Å². The Morgan fingerprint density at radius 1 is 1.10 bits per heavy atom. The molecule has 0 aromatic heterocycles. The second-order valence-corrected chi connectivity index (χ2v) is 8.50. The molecule has 1 aliphatic rings. The molecular formula is C25H33FN2O3. The summed E-state index contributed by atoms with van der Waals surface area (Å²) in [6, 6.07) is 12.3. The highest BCUT2D eigenvalue weighted by atomic mass is 19.1. The second kappa shape index (κ2) is 10.6. The van der Waals surface area contributed by atoms with E-state index < -0.39 is 0 Å². The van der Waals surface area contributed by atoms with E-state index in [-0.39, 0.29) is 23.7 Å². The van der Waals surface area contributed by atoms with Gasteiger partial charge in [0.15, 0.2) is 11.5 Å². The first-order chi connectivity index (χ1) is 14.9. The summed E-state index contributed by atoms with van der Waals surface area (Å²) >= 11 is 0. The lowest BCUT2D eigenvalue weighted by molar-refractivity contribution is -0.120. The summed E-state index contributed by atoms with van der Waals surface area (Å²) in [5.41, 5.74) is 1.87. The van der Waals surface area contributed by atoms with Crippen LogP contribution in [0.4, 0.5) is 10.1 Å². The van der Waals surface area contributed by atoms with Crippen LogP contribution in [0, 0.1) is 11.7 Å². The molecule has 0 bridgehead atoms. The van der Waals surface area contributed by atoms with Gasteiger partial charge in [-0.1, -0.05) is 26.0 Å². The Morgan fingerprint density at radius 2 is 1.77 bits per heavy atom. The largest absolute Gasteiger partial charge is 0.493 e. The fraction of sp³-hybridized carbons (Fsp3) is 0.480. The molecule has 2 aromatic carbocycles. The molecule has 1 fully saturated rings. The molecule has 0 unspecified atom stereocenters. The summed E-state index contributed by atoms with van der Waals surface area (Å²) < 4.78 is 24.4. The highest BCUT2D eigenvalue weighted by Gasteiger charge is 2.30. The molecule has 2 aromatic rings. The van der Waals surface area contributed by atoms with Crippen molar-refractivity contribution in [1.29, 1.82) is 0 Å². The molecular weight excluding hydrogens is 395 g/mol. The van der Waals surface area contributed by atoms with Gasteiger partial charge in [-0.25, -0.2) is 4.39 Å². The minimum atomic E-state index is -0.290. The first-order valence-electron chi connectivity index (χ1n) is 10.9. The van der Waals surface area contributed by atoms with Crippen LogP contribution in [0.2, 0.25) is 0 Å². The first kappa shape index (κ1) is 23.1. The second-order valence-electron chi connectivity index (χ2n) is 8.50. The van der Waals surface area contributed by atoms with Gasteiger partial charge in [0, 0.05) is 43.3 Å². The Bertz CT molecular complexity index is 862. The van der Waals surface area contributed by atoms with Gasteiger partial charge >= 0.3 is 0 Å². The molecule has 168 valence electrons. The smallest absolute Gasteiger partial charge is 0.227 e. The maximum atomic E-state index is 13.4. The van der Waals surface area contributed by atoms with Crippen LogP contribution in [0.5, 0.6) is 11.5 Å². The third-order valence-corrected chi connectivity index (χ3v) is 5.76. The van der Waals surface area contributed by atoms with Crippen LogP contribution in [0.1, 0.15) is 38.7 Å². The maximum absolute atomic E-state index is 13.4. The number of methoxy groups -OCH3 is 2. The zero-order valence-electron chi connectivity index (χ0n) is 18.9. The zero-order valence-corrected chi connectivity index (χ0v) is 18.9. The van der Waals surface area contributed by atoms with Crippen LogP contribution >= 0.6 is 0 Å². The molecule has 5 nitrogen and oxygen atoms in total. The first-order valence-corrected chi connectivity index (χ1v) is 10.9. The number of carbonyl (C=O) groups excluding carboxylic acids is 1. The lowest BCUT2D eigenvalue weighted by Crippen LogP contribution is -2.47. The van der Waals surface area contributed by atoms with Gasteiger partial charge in [0.25, 0.3) is 0 Å². The van der Waals surface area contributed by atoms with E-state index in [1.54, 1.807) is 26.4 Å². The number of para-hydroxylation sites is 1. The van der Waals surface area contributed by atoms with Crippen LogP contribution in [0.15, 0.2) is 42.5 Å². The number of benzene rings is 2. The number of hydrogen-bond acceptors (Lipinski definition) is 4. The monoisotopic (exact) mass is 428 g/mol. The van der Waals surface area contributed by atoms with Crippen molar-refractivity contribution >= 4 is 11.6 Å². The van der Waals surface area contributed by atoms with Gasteiger partial charge in [-0.2, -0.15) is 0 Å². The SMILES string of the molecule is COc1cccc(CN2CCC(N(C(=O)CC(C)C)c3ccc(F)cc3)CC2)c1OC. The predicted molar refractivity (Wildman–Crippen MR) is 121 cm³/mol. The highest BCUT2D eigenvalue weighted by Crippen LogP contribution is 2.33. The van der Waals surface area contributed by atoms with E-state index in [0.717, 1.165) is 55.2 Å². The van der Waals surface area contributed by atoms with Crippen molar-refractivity contribution in [1.82, 2.24) is 4.90 Å². The molecule has 0 aliphatic carbocycles. The highest BCUT2D eigenvalue weighted by molar-refractivity contribution is 5.94. The molecule has 1 amide bonds. The normalized spacial score (nSPS) is 15.2. The summed E-state index contributed by atoms with van der Waals surface area (Å²) in [5.74, 6) is 1.59. The van der Waals surface area contributed by atoms with Crippen LogP contribution in [-0.2, 0) is 11.3 Å². The third-order valence-electron chi connectivity index (χ3n) is 5.76. The van der Waals surface area contributed by atoms with Crippen molar-refractivity contribution in [3.63, 3.8) is 0 Å². The topological polar surface area (TPSA) is 42.0 Å². The van der Waals surface area contributed by atoms with Gasteiger partial charge in [-0.05, 0) is 49.1 Å². The molecule has 0 radical (unpaired) electrons. The number of nitrogens with zero attached hydrogens (tertiary/aromatic N) is 2. The average molecular weight is 429 g/mol.